The van der Waals surface area contributed by atoms with Gasteiger partial charge in [0.25, 0.3) is 0 Å². The third kappa shape index (κ3) is 2.01. The number of carboxylic acid groups (broad SMARTS) is 1. The highest BCUT2D eigenvalue weighted by atomic mass is 16.4. The van der Waals surface area contributed by atoms with Crippen LogP contribution in [0.4, 0.5) is 4.79 Å². The van der Waals surface area contributed by atoms with Gasteiger partial charge in [-0.2, -0.15) is 0 Å². The Morgan fingerprint density at radius 1 is 1.56 bits per heavy atom. The first-order valence-corrected chi connectivity index (χ1v) is 5.61. The molecule has 0 radical (unpaired) electrons. The van der Waals surface area contributed by atoms with E-state index in [-0.39, 0.29) is 18.1 Å². The second-order valence-electron chi connectivity index (χ2n) is 5.63. The first kappa shape index (κ1) is 13.3. The highest BCUT2D eigenvalue weighted by molar-refractivity contribution is 5.66. The molecule has 1 amide bonds. The lowest BCUT2D eigenvalue weighted by molar-refractivity contribution is -0.0630. The number of aliphatic hydroxyl groups is 1. The van der Waals surface area contributed by atoms with Crippen molar-refractivity contribution in [2.75, 3.05) is 13.2 Å². The number of nitrogens with zero attached hydrogens (tertiary/aromatic N) is 1. The lowest BCUT2D eigenvalue weighted by Crippen LogP contribution is -2.66. The van der Waals surface area contributed by atoms with Gasteiger partial charge in [-0.25, -0.2) is 4.79 Å². The smallest absolute Gasteiger partial charge is 0.407 e. The minimum absolute atomic E-state index is 0.127. The first-order chi connectivity index (χ1) is 7.24. The summed E-state index contributed by atoms with van der Waals surface area (Å²) in [6.07, 6.45) is 0.362. The van der Waals surface area contributed by atoms with Crippen molar-refractivity contribution in [2.45, 2.75) is 45.2 Å². The molecule has 1 fully saturated rings. The van der Waals surface area contributed by atoms with E-state index in [1.165, 1.54) is 4.90 Å². The maximum Gasteiger partial charge on any atom is 0.407 e. The van der Waals surface area contributed by atoms with Crippen LogP contribution < -0.4 is 5.73 Å². The average molecular weight is 230 g/mol. The molecule has 1 aliphatic rings. The van der Waals surface area contributed by atoms with Gasteiger partial charge in [-0.1, -0.05) is 20.8 Å². The molecule has 2 unspecified atom stereocenters. The van der Waals surface area contributed by atoms with Crippen molar-refractivity contribution in [3.05, 3.63) is 0 Å². The largest absolute Gasteiger partial charge is 0.465 e. The Balaban J connectivity index is 3.10. The number of piperidine rings is 1. The third-order valence-electron chi connectivity index (χ3n) is 3.75. The fourth-order valence-corrected chi connectivity index (χ4v) is 2.50. The summed E-state index contributed by atoms with van der Waals surface area (Å²) in [7, 11) is 0. The van der Waals surface area contributed by atoms with Crippen molar-refractivity contribution in [1.82, 2.24) is 4.90 Å². The molecule has 0 saturated carbocycles. The zero-order valence-electron chi connectivity index (χ0n) is 10.2. The molecule has 0 spiro atoms. The van der Waals surface area contributed by atoms with Crippen LogP contribution in [-0.4, -0.2) is 45.9 Å². The highest BCUT2D eigenvalue weighted by Gasteiger charge is 2.51. The van der Waals surface area contributed by atoms with Gasteiger partial charge >= 0.3 is 6.09 Å². The van der Waals surface area contributed by atoms with Crippen LogP contribution in [0.15, 0.2) is 0 Å². The SMILES string of the molecule is CC(C)(C)C1(CO)CCC(N)CN1C(=O)O. The second kappa shape index (κ2) is 4.22. The Morgan fingerprint density at radius 2 is 2.12 bits per heavy atom. The predicted octanol–water partition coefficient (Wildman–Crippen LogP) is 0.865. The number of hydrogen-bond donors (Lipinski definition) is 3. The van der Waals surface area contributed by atoms with Crippen LogP contribution in [0.25, 0.3) is 0 Å². The van der Waals surface area contributed by atoms with Crippen LogP contribution in [0, 0.1) is 5.41 Å². The van der Waals surface area contributed by atoms with Gasteiger partial charge in [0, 0.05) is 12.6 Å². The number of aliphatic hydroxyl groups excluding tert-OH is 1. The van der Waals surface area contributed by atoms with Crippen molar-refractivity contribution < 1.29 is 15.0 Å². The predicted molar refractivity (Wildman–Crippen MR) is 61.2 cm³/mol. The van der Waals surface area contributed by atoms with Crippen LogP contribution in [0.2, 0.25) is 0 Å². The normalized spacial score (nSPS) is 31.6. The maximum atomic E-state index is 11.3. The molecule has 1 heterocycles. The molecular formula is C11H22N2O3. The van der Waals surface area contributed by atoms with Crippen LogP contribution in [0.3, 0.4) is 0 Å². The standard InChI is InChI=1S/C11H22N2O3/c1-10(2,3)11(7-14)5-4-8(12)6-13(11)9(15)16/h8,14H,4-7,12H2,1-3H3,(H,15,16). The van der Waals surface area contributed by atoms with Gasteiger partial charge in [0.2, 0.25) is 0 Å². The molecule has 94 valence electrons. The monoisotopic (exact) mass is 230 g/mol. The van der Waals surface area contributed by atoms with Gasteiger partial charge in [0.05, 0.1) is 12.1 Å². The minimum atomic E-state index is -1.00. The number of nitrogens with two attached hydrogens (primary N) is 1. The van der Waals surface area contributed by atoms with E-state index in [2.05, 4.69) is 0 Å². The molecular weight excluding hydrogens is 208 g/mol. The van der Waals surface area contributed by atoms with E-state index in [9.17, 15) is 15.0 Å². The fourth-order valence-electron chi connectivity index (χ4n) is 2.50. The molecule has 0 aliphatic carbocycles. The summed E-state index contributed by atoms with van der Waals surface area (Å²) in [5, 5.41) is 18.9. The number of carbonyl (C=O) groups is 1. The molecule has 2 atom stereocenters. The van der Waals surface area contributed by atoms with E-state index in [4.69, 9.17) is 5.73 Å². The summed E-state index contributed by atoms with van der Waals surface area (Å²) >= 11 is 0. The number of rotatable bonds is 1. The third-order valence-corrected chi connectivity index (χ3v) is 3.75. The maximum absolute atomic E-state index is 11.3. The number of amides is 1. The number of hydrogen-bond acceptors (Lipinski definition) is 3. The van der Waals surface area contributed by atoms with E-state index >= 15 is 0 Å². The van der Waals surface area contributed by atoms with E-state index in [0.717, 1.165) is 6.42 Å². The molecule has 16 heavy (non-hydrogen) atoms. The van der Waals surface area contributed by atoms with Crippen LogP contribution in [-0.2, 0) is 0 Å². The zero-order valence-corrected chi connectivity index (χ0v) is 10.2. The Morgan fingerprint density at radius 3 is 2.50 bits per heavy atom. The van der Waals surface area contributed by atoms with E-state index in [1.807, 2.05) is 20.8 Å². The highest BCUT2D eigenvalue weighted by Crippen LogP contribution is 2.42. The molecule has 0 aromatic carbocycles. The van der Waals surface area contributed by atoms with Crippen LogP contribution >= 0.6 is 0 Å². The van der Waals surface area contributed by atoms with Crippen LogP contribution in [0.5, 0.6) is 0 Å². The van der Waals surface area contributed by atoms with Crippen molar-refractivity contribution in [3.8, 4) is 0 Å². The van der Waals surface area contributed by atoms with Gasteiger partial charge < -0.3 is 15.9 Å². The lowest BCUT2D eigenvalue weighted by Gasteiger charge is -2.53. The topological polar surface area (TPSA) is 86.8 Å². The second-order valence-corrected chi connectivity index (χ2v) is 5.63. The van der Waals surface area contributed by atoms with E-state index in [1.54, 1.807) is 0 Å². The van der Waals surface area contributed by atoms with Gasteiger partial charge in [0.15, 0.2) is 0 Å². The molecule has 5 heteroatoms. The van der Waals surface area contributed by atoms with Crippen molar-refractivity contribution in [1.29, 1.82) is 0 Å². The molecule has 1 saturated heterocycles. The summed E-state index contributed by atoms with van der Waals surface area (Å²) in [4.78, 5) is 12.6. The average Bonchev–Trinajstić information content (AvgIpc) is 2.16. The van der Waals surface area contributed by atoms with Gasteiger partial charge in [0.1, 0.15) is 0 Å². The van der Waals surface area contributed by atoms with Crippen LogP contribution in [0.1, 0.15) is 33.6 Å². The summed E-state index contributed by atoms with van der Waals surface area (Å²) in [5.74, 6) is 0. The molecule has 0 aromatic rings. The van der Waals surface area contributed by atoms with Crippen molar-refractivity contribution in [3.63, 3.8) is 0 Å². The minimum Gasteiger partial charge on any atom is -0.465 e. The summed E-state index contributed by atoms with van der Waals surface area (Å²) in [5.41, 5.74) is 4.78. The van der Waals surface area contributed by atoms with Crippen molar-refractivity contribution in [2.24, 2.45) is 11.1 Å². The Labute approximate surface area is 96.2 Å². The Kier molecular flexibility index (Phi) is 3.50. The zero-order chi connectivity index (χ0) is 12.6. The molecule has 4 N–H and O–H groups in total. The van der Waals surface area contributed by atoms with Crippen molar-refractivity contribution >= 4 is 6.09 Å². The molecule has 0 bridgehead atoms. The fraction of sp³-hybridized carbons (Fsp3) is 0.909. The Bertz CT molecular complexity index is 275. The molecule has 1 aliphatic heterocycles. The quantitative estimate of drug-likeness (QED) is 0.623. The molecule has 1 rings (SSSR count). The van der Waals surface area contributed by atoms with E-state index in [0.29, 0.717) is 13.0 Å². The van der Waals surface area contributed by atoms with E-state index < -0.39 is 11.6 Å². The molecule has 5 nitrogen and oxygen atoms in total. The number of likely N-dealkylation sites (tertiary alicyclic amines) is 1. The summed E-state index contributed by atoms with van der Waals surface area (Å²) in [6, 6.07) is -0.127. The Hall–Kier alpha value is -0.810. The molecule has 0 aromatic heterocycles. The van der Waals surface area contributed by atoms with Gasteiger partial charge in [-0.15, -0.1) is 0 Å². The van der Waals surface area contributed by atoms with Gasteiger partial charge in [-0.3, -0.25) is 4.90 Å². The van der Waals surface area contributed by atoms with Gasteiger partial charge in [-0.05, 0) is 18.3 Å². The summed E-state index contributed by atoms with van der Waals surface area (Å²) in [6.45, 7) is 6.00. The first-order valence-electron chi connectivity index (χ1n) is 5.61. The lowest BCUT2D eigenvalue weighted by atomic mass is 9.68. The summed E-state index contributed by atoms with van der Waals surface area (Å²) < 4.78 is 0.